The molecule has 0 spiro atoms. The van der Waals surface area contributed by atoms with Crippen molar-refractivity contribution in [2.24, 2.45) is 0 Å². The second-order valence-electron chi connectivity index (χ2n) is 4.83. The van der Waals surface area contributed by atoms with Crippen molar-refractivity contribution in [1.82, 2.24) is 4.98 Å². The predicted molar refractivity (Wildman–Crippen MR) is 102 cm³/mol. The Bertz CT molecular complexity index is 779. The minimum Gasteiger partial charge on any atom is -0.325 e. The number of amides is 1. The second-order valence-corrected chi connectivity index (χ2v) is 7.04. The molecule has 3 aromatic rings. The molecule has 1 unspecified atom stereocenters. The van der Waals surface area contributed by atoms with Gasteiger partial charge in [-0.1, -0.05) is 30.3 Å². The topological polar surface area (TPSA) is 54.0 Å². The first-order chi connectivity index (χ1) is 11.7. The van der Waals surface area contributed by atoms with Gasteiger partial charge in [0.25, 0.3) is 0 Å². The summed E-state index contributed by atoms with van der Waals surface area (Å²) in [6.07, 6.45) is 1.75. The fourth-order valence-electron chi connectivity index (χ4n) is 1.96. The highest BCUT2D eigenvalue weighted by atomic mass is 35.5. The van der Waals surface area contributed by atoms with Crippen LogP contribution < -0.4 is 10.0 Å². The summed E-state index contributed by atoms with van der Waals surface area (Å²) in [5.74, 6) is -0.246. The largest absolute Gasteiger partial charge is 0.325 e. The van der Waals surface area contributed by atoms with E-state index in [4.69, 9.17) is 11.6 Å². The summed E-state index contributed by atoms with van der Waals surface area (Å²) in [7, 11) is 0. The van der Waals surface area contributed by atoms with E-state index in [0.717, 1.165) is 15.6 Å². The number of aromatic nitrogens is 1. The van der Waals surface area contributed by atoms with Crippen LogP contribution in [-0.4, -0.2) is 10.9 Å². The van der Waals surface area contributed by atoms with E-state index in [9.17, 15) is 4.79 Å². The summed E-state index contributed by atoms with van der Waals surface area (Å²) in [5.41, 5.74) is 1.48. The number of thiazole rings is 1. The Hall–Kier alpha value is -2.02. The number of benzene rings is 2. The highest BCUT2D eigenvalue weighted by molar-refractivity contribution is 8.00. The molecule has 1 heterocycles. The van der Waals surface area contributed by atoms with Crippen LogP contribution in [0.15, 0.2) is 71.1 Å². The number of anilines is 2. The molecule has 0 aliphatic rings. The molecule has 0 bridgehead atoms. The molecule has 0 saturated carbocycles. The van der Waals surface area contributed by atoms with Crippen molar-refractivity contribution < 1.29 is 4.79 Å². The lowest BCUT2D eigenvalue weighted by Gasteiger charge is -2.11. The quantitative estimate of drug-likeness (QED) is 0.460. The Labute approximate surface area is 153 Å². The third kappa shape index (κ3) is 4.50. The fourth-order valence-corrected chi connectivity index (χ4v) is 3.38. The average Bonchev–Trinajstić information content (AvgIpc) is 3.15. The van der Waals surface area contributed by atoms with E-state index in [2.05, 4.69) is 15.0 Å². The fraction of sp³-hybridized carbons (Fsp3) is 0.0588. The van der Waals surface area contributed by atoms with Crippen molar-refractivity contribution in [2.45, 2.75) is 10.3 Å². The van der Waals surface area contributed by atoms with Gasteiger partial charge in [-0.05, 0) is 41.8 Å². The Morgan fingerprint density at radius 1 is 1.12 bits per heavy atom. The summed E-state index contributed by atoms with van der Waals surface area (Å²) in [6, 6.07) is 16.8. The second kappa shape index (κ2) is 8.19. The molecule has 2 N–H and O–H groups in total. The summed E-state index contributed by atoms with van der Waals surface area (Å²) in [6.45, 7) is 0. The normalized spacial score (nSPS) is 11.7. The molecular formula is C17H14ClN3OS2. The van der Waals surface area contributed by atoms with Crippen molar-refractivity contribution in [2.75, 3.05) is 10.0 Å². The molecule has 3 rings (SSSR count). The number of hydrogen-bond acceptors (Lipinski definition) is 5. The number of carbonyl (C=O) groups excluding carboxylic acids is 1. The van der Waals surface area contributed by atoms with E-state index in [0.29, 0.717) is 5.69 Å². The van der Waals surface area contributed by atoms with E-state index >= 15 is 0 Å². The maximum absolute atomic E-state index is 12.2. The number of alkyl halides is 1. The van der Waals surface area contributed by atoms with Crippen LogP contribution in [0.25, 0.3) is 0 Å². The van der Waals surface area contributed by atoms with Gasteiger partial charge in [0.2, 0.25) is 5.91 Å². The highest BCUT2D eigenvalue weighted by Gasteiger charge is 2.17. The average molecular weight is 376 g/mol. The molecule has 2 aromatic carbocycles. The number of nitrogens with zero attached hydrogens (tertiary/aromatic N) is 1. The predicted octanol–water partition coefficient (Wildman–Crippen LogP) is 5.18. The zero-order valence-electron chi connectivity index (χ0n) is 12.5. The molecule has 7 heteroatoms. The standard InChI is InChI=1S/C17H14ClN3OS2/c18-15(12-4-2-1-3-5-12)16(22)20-13-6-8-14(9-7-13)24-21-17-19-10-11-23-17/h1-11,15H,(H,19,21)(H,20,22). The summed E-state index contributed by atoms with van der Waals surface area (Å²) in [5, 5.41) is 4.88. The molecule has 1 amide bonds. The number of halogens is 1. The van der Waals surface area contributed by atoms with Crippen LogP contribution >= 0.6 is 34.9 Å². The minimum absolute atomic E-state index is 0.246. The number of rotatable bonds is 6. The maximum atomic E-state index is 12.2. The van der Waals surface area contributed by atoms with Gasteiger partial charge in [-0.15, -0.1) is 22.9 Å². The first kappa shape index (κ1) is 16.8. The maximum Gasteiger partial charge on any atom is 0.246 e. The lowest BCUT2D eigenvalue weighted by atomic mass is 10.1. The van der Waals surface area contributed by atoms with Gasteiger partial charge in [0.05, 0.1) is 0 Å². The third-order valence-electron chi connectivity index (χ3n) is 3.13. The summed E-state index contributed by atoms with van der Waals surface area (Å²) < 4.78 is 3.16. The van der Waals surface area contributed by atoms with Crippen LogP contribution in [0.4, 0.5) is 10.8 Å². The highest BCUT2D eigenvalue weighted by Crippen LogP contribution is 2.25. The lowest BCUT2D eigenvalue weighted by Crippen LogP contribution is -2.17. The molecule has 4 nitrogen and oxygen atoms in total. The first-order valence-corrected chi connectivity index (χ1v) is 9.28. The molecule has 0 radical (unpaired) electrons. The van der Waals surface area contributed by atoms with E-state index < -0.39 is 5.38 Å². The zero-order chi connectivity index (χ0) is 16.8. The Balaban J connectivity index is 1.56. The van der Waals surface area contributed by atoms with Crippen molar-refractivity contribution >= 4 is 51.6 Å². The molecular weight excluding hydrogens is 362 g/mol. The first-order valence-electron chi connectivity index (χ1n) is 7.14. The molecule has 24 heavy (non-hydrogen) atoms. The van der Waals surface area contributed by atoms with Gasteiger partial charge < -0.3 is 10.0 Å². The monoisotopic (exact) mass is 375 g/mol. The van der Waals surface area contributed by atoms with Crippen LogP contribution in [0.2, 0.25) is 0 Å². The Morgan fingerprint density at radius 3 is 2.54 bits per heavy atom. The lowest BCUT2D eigenvalue weighted by molar-refractivity contribution is -0.116. The van der Waals surface area contributed by atoms with Gasteiger partial charge in [-0.3, -0.25) is 4.79 Å². The number of carbonyl (C=O) groups is 1. The van der Waals surface area contributed by atoms with Crippen LogP contribution in [0.3, 0.4) is 0 Å². The van der Waals surface area contributed by atoms with Crippen LogP contribution in [0, 0.1) is 0 Å². The van der Waals surface area contributed by atoms with E-state index in [1.165, 1.54) is 11.9 Å². The third-order valence-corrected chi connectivity index (χ3v) is 5.20. The van der Waals surface area contributed by atoms with Gasteiger partial charge in [0.1, 0.15) is 5.38 Å². The Morgan fingerprint density at radius 2 is 1.88 bits per heavy atom. The molecule has 1 atom stereocenters. The van der Waals surface area contributed by atoms with Gasteiger partial charge in [0.15, 0.2) is 5.13 Å². The van der Waals surface area contributed by atoms with Crippen molar-refractivity contribution in [3.63, 3.8) is 0 Å². The van der Waals surface area contributed by atoms with Crippen LogP contribution in [0.1, 0.15) is 10.9 Å². The molecule has 0 saturated heterocycles. The van der Waals surface area contributed by atoms with Gasteiger partial charge in [-0.2, -0.15) is 0 Å². The molecule has 1 aromatic heterocycles. The SMILES string of the molecule is O=C(Nc1ccc(SNc2nccs2)cc1)C(Cl)c1ccccc1. The van der Waals surface area contributed by atoms with Gasteiger partial charge >= 0.3 is 0 Å². The molecule has 122 valence electrons. The smallest absolute Gasteiger partial charge is 0.246 e. The summed E-state index contributed by atoms with van der Waals surface area (Å²) >= 11 is 9.22. The van der Waals surface area contributed by atoms with Crippen molar-refractivity contribution in [3.8, 4) is 0 Å². The minimum atomic E-state index is -0.716. The van der Waals surface area contributed by atoms with Crippen molar-refractivity contribution in [3.05, 3.63) is 71.7 Å². The van der Waals surface area contributed by atoms with Crippen LogP contribution in [-0.2, 0) is 4.79 Å². The van der Waals surface area contributed by atoms with E-state index in [1.54, 1.807) is 17.5 Å². The van der Waals surface area contributed by atoms with Gasteiger partial charge in [0, 0.05) is 22.2 Å². The molecule has 0 fully saturated rings. The van der Waals surface area contributed by atoms with E-state index in [1.807, 2.05) is 60.0 Å². The van der Waals surface area contributed by atoms with Crippen molar-refractivity contribution in [1.29, 1.82) is 0 Å². The Kier molecular flexibility index (Phi) is 5.74. The van der Waals surface area contributed by atoms with Gasteiger partial charge in [-0.25, -0.2) is 4.98 Å². The number of hydrogen-bond donors (Lipinski definition) is 2. The van der Waals surface area contributed by atoms with E-state index in [-0.39, 0.29) is 5.91 Å². The summed E-state index contributed by atoms with van der Waals surface area (Å²) in [4.78, 5) is 17.4. The number of nitrogens with one attached hydrogen (secondary N) is 2. The molecule has 0 aliphatic heterocycles. The zero-order valence-corrected chi connectivity index (χ0v) is 14.9. The van der Waals surface area contributed by atoms with Crippen LogP contribution in [0.5, 0.6) is 0 Å². The molecule has 0 aliphatic carbocycles.